The van der Waals surface area contributed by atoms with Crippen LogP contribution in [-0.4, -0.2) is 10.2 Å². The van der Waals surface area contributed by atoms with Gasteiger partial charge in [0.25, 0.3) is 0 Å². The molecule has 1 heterocycles. The highest BCUT2D eigenvalue weighted by atomic mass is 15.2. The molecule has 0 spiro atoms. The number of rotatable bonds is 5. The summed E-state index contributed by atoms with van der Waals surface area (Å²) in [4.78, 5) is 0. The third-order valence-electron chi connectivity index (χ3n) is 4.80. The Bertz CT molecular complexity index is 432. The van der Waals surface area contributed by atoms with E-state index in [0.717, 1.165) is 23.7 Å². The lowest BCUT2D eigenvalue weighted by Gasteiger charge is -2.37. The largest absolute Gasteiger partial charge is 0.271 e. The number of nitrogens with one attached hydrogen (secondary N) is 1. The van der Waals surface area contributed by atoms with E-state index in [1.165, 1.54) is 37.7 Å². The number of hydrogen-bond acceptors (Lipinski definition) is 4. The van der Waals surface area contributed by atoms with E-state index >= 15 is 0 Å². The Labute approximate surface area is 122 Å². The lowest BCUT2D eigenvalue weighted by Crippen LogP contribution is -2.38. The quantitative estimate of drug-likeness (QED) is 0.641. The molecule has 4 heteroatoms. The van der Waals surface area contributed by atoms with E-state index < -0.39 is 0 Å². The summed E-state index contributed by atoms with van der Waals surface area (Å²) in [6.45, 7) is 6.43. The molecule has 1 aromatic rings. The SMILES string of the molecule is CCc1nnc(C)cc1C(NN)C1CCCCC1CC. The van der Waals surface area contributed by atoms with Crippen LogP contribution in [0.25, 0.3) is 0 Å². The molecular formula is C16H28N4. The maximum atomic E-state index is 5.93. The van der Waals surface area contributed by atoms with Gasteiger partial charge >= 0.3 is 0 Å². The van der Waals surface area contributed by atoms with Gasteiger partial charge in [-0.1, -0.05) is 39.5 Å². The summed E-state index contributed by atoms with van der Waals surface area (Å²) in [5.41, 5.74) is 6.40. The van der Waals surface area contributed by atoms with Gasteiger partial charge in [0.05, 0.1) is 17.4 Å². The van der Waals surface area contributed by atoms with Crippen molar-refractivity contribution in [2.75, 3.05) is 0 Å². The molecular weight excluding hydrogens is 248 g/mol. The first-order chi connectivity index (χ1) is 9.71. The Hall–Kier alpha value is -1.00. The molecule has 0 aromatic carbocycles. The third kappa shape index (κ3) is 3.18. The zero-order valence-corrected chi connectivity index (χ0v) is 13.0. The zero-order valence-electron chi connectivity index (χ0n) is 13.0. The number of aromatic nitrogens is 2. The van der Waals surface area contributed by atoms with Crippen molar-refractivity contribution in [3.05, 3.63) is 23.0 Å². The molecule has 112 valence electrons. The Morgan fingerprint density at radius 1 is 1.30 bits per heavy atom. The van der Waals surface area contributed by atoms with Crippen molar-refractivity contribution in [3.8, 4) is 0 Å². The van der Waals surface area contributed by atoms with E-state index in [0.29, 0.717) is 5.92 Å². The molecule has 0 radical (unpaired) electrons. The fourth-order valence-electron chi connectivity index (χ4n) is 3.70. The molecule has 3 unspecified atom stereocenters. The van der Waals surface area contributed by atoms with Gasteiger partial charge in [0, 0.05) is 0 Å². The number of hydrogen-bond donors (Lipinski definition) is 2. The maximum Gasteiger partial charge on any atom is 0.0676 e. The first-order valence-electron chi connectivity index (χ1n) is 8.00. The third-order valence-corrected chi connectivity index (χ3v) is 4.80. The van der Waals surface area contributed by atoms with Crippen molar-refractivity contribution < 1.29 is 0 Å². The van der Waals surface area contributed by atoms with E-state index in [2.05, 4.69) is 35.5 Å². The zero-order chi connectivity index (χ0) is 14.5. The summed E-state index contributed by atoms with van der Waals surface area (Å²) in [5.74, 6) is 7.31. The highest BCUT2D eigenvalue weighted by Crippen LogP contribution is 2.40. The smallest absolute Gasteiger partial charge is 0.0676 e. The molecule has 0 saturated heterocycles. The minimum absolute atomic E-state index is 0.212. The summed E-state index contributed by atoms with van der Waals surface area (Å²) in [6.07, 6.45) is 7.42. The van der Waals surface area contributed by atoms with Gasteiger partial charge in [0.15, 0.2) is 0 Å². The van der Waals surface area contributed by atoms with Gasteiger partial charge in [0.2, 0.25) is 0 Å². The van der Waals surface area contributed by atoms with E-state index in [1.807, 2.05) is 6.92 Å². The predicted molar refractivity (Wildman–Crippen MR) is 82.0 cm³/mol. The normalized spacial score (nSPS) is 24.6. The number of nitrogens with zero attached hydrogens (tertiary/aromatic N) is 2. The van der Waals surface area contributed by atoms with Crippen LogP contribution in [0.15, 0.2) is 6.07 Å². The maximum absolute atomic E-state index is 5.93. The lowest BCUT2D eigenvalue weighted by atomic mass is 9.72. The first kappa shape index (κ1) is 15.4. The van der Waals surface area contributed by atoms with E-state index in [-0.39, 0.29) is 6.04 Å². The van der Waals surface area contributed by atoms with Crippen LogP contribution in [-0.2, 0) is 6.42 Å². The molecule has 1 aliphatic carbocycles. The van der Waals surface area contributed by atoms with Gasteiger partial charge in [0.1, 0.15) is 0 Å². The molecule has 2 rings (SSSR count). The van der Waals surface area contributed by atoms with Crippen LogP contribution in [0.4, 0.5) is 0 Å². The van der Waals surface area contributed by atoms with E-state index in [1.54, 1.807) is 0 Å². The molecule has 1 aliphatic rings. The molecule has 1 aromatic heterocycles. The van der Waals surface area contributed by atoms with Gasteiger partial charge in [-0.15, -0.1) is 0 Å². The fourth-order valence-corrected chi connectivity index (χ4v) is 3.70. The van der Waals surface area contributed by atoms with Gasteiger partial charge in [-0.05, 0) is 43.2 Å². The minimum atomic E-state index is 0.212. The second-order valence-electron chi connectivity index (χ2n) is 6.00. The van der Waals surface area contributed by atoms with Crippen molar-refractivity contribution in [1.82, 2.24) is 15.6 Å². The molecule has 3 N–H and O–H groups in total. The molecule has 1 saturated carbocycles. The second kappa shape index (κ2) is 7.14. The monoisotopic (exact) mass is 276 g/mol. The summed E-state index contributed by atoms with van der Waals surface area (Å²) in [5, 5.41) is 8.56. The van der Waals surface area contributed by atoms with Crippen molar-refractivity contribution in [3.63, 3.8) is 0 Å². The molecule has 3 atom stereocenters. The van der Waals surface area contributed by atoms with Gasteiger partial charge in [-0.3, -0.25) is 11.3 Å². The topological polar surface area (TPSA) is 63.8 Å². The van der Waals surface area contributed by atoms with Crippen molar-refractivity contribution >= 4 is 0 Å². The van der Waals surface area contributed by atoms with Crippen LogP contribution < -0.4 is 11.3 Å². The Morgan fingerprint density at radius 2 is 2.05 bits per heavy atom. The lowest BCUT2D eigenvalue weighted by molar-refractivity contribution is 0.175. The van der Waals surface area contributed by atoms with Crippen molar-refractivity contribution in [1.29, 1.82) is 0 Å². The standard InChI is InChI=1S/C16H28N4/c1-4-12-8-6-7-9-13(12)16(18-17)14-10-11(3)19-20-15(14)5-2/h10,12-13,16,18H,4-9,17H2,1-3H3. The van der Waals surface area contributed by atoms with Gasteiger partial charge < -0.3 is 0 Å². The molecule has 0 aliphatic heterocycles. The summed E-state index contributed by atoms with van der Waals surface area (Å²) < 4.78 is 0. The average Bonchev–Trinajstić information content (AvgIpc) is 2.49. The second-order valence-corrected chi connectivity index (χ2v) is 6.00. The van der Waals surface area contributed by atoms with Gasteiger partial charge in [-0.2, -0.15) is 10.2 Å². The molecule has 1 fully saturated rings. The van der Waals surface area contributed by atoms with Crippen molar-refractivity contribution in [2.24, 2.45) is 17.7 Å². The number of aryl methyl sites for hydroxylation is 2. The molecule has 4 nitrogen and oxygen atoms in total. The van der Waals surface area contributed by atoms with Crippen LogP contribution in [0, 0.1) is 18.8 Å². The molecule has 20 heavy (non-hydrogen) atoms. The average molecular weight is 276 g/mol. The minimum Gasteiger partial charge on any atom is -0.271 e. The van der Waals surface area contributed by atoms with Crippen LogP contribution in [0.2, 0.25) is 0 Å². The first-order valence-corrected chi connectivity index (χ1v) is 8.00. The van der Waals surface area contributed by atoms with Gasteiger partial charge in [-0.25, -0.2) is 0 Å². The number of nitrogens with two attached hydrogens (primary N) is 1. The Morgan fingerprint density at radius 3 is 2.70 bits per heavy atom. The van der Waals surface area contributed by atoms with Crippen molar-refractivity contribution in [2.45, 2.75) is 65.3 Å². The molecule has 0 amide bonds. The summed E-state index contributed by atoms with van der Waals surface area (Å²) in [7, 11) is 0. The molecule has 0 bridgehead atoms. The Balaban J connectivity index is 2.33. The van der Waals surface area contributed by atoms with Crippen LogP contribution in [0.5, 0.6) is 0 Å². The highest BCUT2D eigenvalue weighted by molar-refractivity contribution is 5.25. The summed E-state index contributed by atoms with van der Waals surface area (Å²) in [6, 6.07) is 2.38. The predicted octanol–water partition coefficient (Wildman–Crippen LogP) is 3.07. The van der Waals surface area contributed by atoms with Crippen LogP contribution in [0.3, 0.4) is 0 Å². The summed E-state index contributed by atoms with van der Waals surface area (Å²) >= 11 is 0. The Kier molecular flexibility index (Phi) is 5.49. The van der Waals surface area contributed by atoms with E-state index in [4.69, 9.17) is 5.84 Å². The van der Waals surface area contributed by atoms with Crippen LogP contribution >= 0.6 is 0 Å². The van der Waals surface area contributed by atoms with E-state index in [9.17, 15) is 0 Å². The number of hydrazine groups is 1. The highest BCUT2D eigenvalue weighted by Gasteiger charge is 2.32. The fraction of sp³-hybridized carbons (Fsp3) is 0.750. The van der Waals surface area contributed by atoms with Crippen LogP contribution in [0.1, 0.15) is 68.9 Å².